The maximum Gasteiger partial charge on any atom is 0.337 e. The van der Waals surface area contributed by atoms with E-state index < -0.39 is 17.8 Å². The summed E-state index contributed by atoms with van der Waals surface area (Å²) in [5.41, 5.74) is 2.82. The molecule has 1 fully saturated rings. The smallest absolute Gasteiger partial charge is 0.337 e. The quantitative estimate of drug-likeness (QED) is 0.556. The number of carbonyl (C=O) groups excluding carboxylic acids is 2. The number of carbonyl (C=O) groups is 2. The molecule has 1 heterocycles. The Hall–Kier alpha value is -3.35. The van der Waals surface area contributed by atoms with Crippen LogP contribution in [0.25, 0.3) is 22.2 Å². The number of ether oxygens (including phenoxy) is 2. The highest BCUT2D eigenvalue weighted by molar-refractivity contribution is 5.99. The van der Waals surface area contributed by atoms with Gasteiger partial charge in [-0.15, -0.1) is 0 Å². The third-order valence-corrected chi connectivity index (χ3v) is 6.26. The molecule has 32 heavy (non-hydrogen) atoms. The van der Waals surface area contributed by atoms with Gasteiger partial charge in [0, 0.05) is 17.0 Å². The number of nitrogens with zero attached hydrogens (tertiary/aromatic N) is 1. The molecular weight excluding hydrogens is 413 g/mol. The number of benzene rings is 2. The number of hydrogen-bond acceptors (Lipinski definition) is 5. The van der Waals surface area contributed by atoms with E-state index in [0.29, 0.717) is 22.3 Å². The molecule has 1 aromatic heterocycles. The van der Waals surface area contributed by atoms with E-state index in [4.69, 9.17) is 9.47 Å². The first-order valence-corrected chi connectivity index (χ1v) is 10.7. The van der Waals surface area contributed by atoms with Crippen molar-refractivity contribution in [3.05, 3.63) is 53.3 Å². The normalized spacial score (nSPS) is 14.5. The standard InChI is InChI=1S/C25H26FNO5/c1-31-22(29)14-27-21-12-16(25(30)32-2)8-10-19(21)23(15-6-4-3-5-7-15)24(27)18-11-9-17(28)13-20(18)26/h8-13,15,28H,3-7,14H2,1-2H3. The number of esters is 2. The van der Waals surface area contributed by atoms with Crippen LogP contribution in [0.15, 0.2) is 36.4 Å². The van der Waals surface area contributed by atoms with Gasteiger partial charge < -0.3 is 19.1 Å². The molecule has 2 aromatic carbocycles. The lowest BCUT2D eigenvalue weighted by Crippen LogP contribution is -2.14. The van der Waals surface area contributed by atoms with Crippen molar-refractivity contribution in [3.63, 3.8) is 0 Å². The minimum absolute atomic E-state index is 0.139. The number of phenols is 1. The lowest BCUT2D eigenvalue weighted by molar-refractivity contribution is -0.141. The molecule has 0 spiro atoms. The summed E-state index contributed by atoms with van der Waals surface area (Å²) < 4.78 is 26.6. The lowest BCUT2D eigenvalue weighted by atomic mass is 9.81. The van der Waals surface area contributed by atoms with Crippen molar-refractivity contribution in [3.8, 4) is 17.0 Å². The van der Waals surface area contributed by atoms with Crippen molar-refractivity contribution in [2.75, 3.05) is 14.2 Å². The highest BCUT2D eigenvalue weighted by Gasteiger charge is 2.29. The molecule has 1 saturated carbocycles. The van der Waals surface area contributed by atoms with Gasteiger partial charge in [0.2, 0.25) is 0 Å². The van der Waals surface area contributed by atoms with E-state index in [2.05, 4.69) is 0 Å². The maximum absolute atomic E-state index is 15.1. The van der Waals surface area contributed by atoms with Gasteiger partial charge >= 0.3 is 11.9 Å². The van der Waals surface area contributed by atoms with Crippen molar-refractivity contribution < 1.29 is 28.6 Å². The molecule has 6 nitrogen and oxygen atoms in total. The Morgan fingerprint density at radius 3 is 2.47 bits per heavy atom. The van der Waals surface area contributed by atoms with Gasteiger partial charge in [0.25, 0.3) is 0 Å². The van der Waals surface area contributed by atoms with Crippen molar-refractivity contribution in [1.29, 1.82) is 0 Å². The summed E-state index contributed by atoms with van der Waals surface area (Å²) in [6, 6.07) is 9.25. The van der Waals surface area contributed by atoms with Crippen LogP contribution in [0.1, 0.15) is 53.9 Å². The van der Waals surface area contributed by atoms with Crippen LogP contribution < -0.4 is 0 Å². The van der Waals surface area contributed by atoms with Gasteiger partial charge in [0.05, 0.1) is 31.0 Å². The fourth-order valence-electron chi connectivity index (χ4n) is 4.77. The first kappa shape index (κ1) is 21.9. The van der Waals surface area contributed by atoms with E-state index in [1.165, 1.54) is 26.4 Å². The molecule has 1 aliphatic rings. The number of phenolic OH excluding ortho intramolecular Hbond substituents is 1. The van der Waals surface area contributed by atoms with Crippen LogP contribution in [0.3, 0.4) is 0 Å². The number of aromatic hydroxyl groups is 1. The number of rotatable bonds is 5. The molecule has 0 saturated heterocycles. The predicted octanol–water partition coefficient (Wildman–Crippen LogP) is 5.16. The Morgan fingerprint density at radius 1 is 1.06 bits per heavy atom. The molecule has 0 aliphatic heterocycles. The van der Waals surface area contributed by atoms with Gasteiger partial charge in [0.15, 0.2) is 0 Å². The summed E-state index contributed by atoms with van der Waals surface area (Å²) >= 11 is 0. The van der Waals surface area contributed by atoms with E-state index in [1.54, 1.807) is 16.7 Å². The second kappa shape index (κ2) is 9.02. The zero-order valence-corrected chi connectivity index (χ0v) is 18.2. The first-order valence-electron chi connectivity index (χ1n) is 10.7. The van der Waals surface area contributed by atoms with Crippen LogP contribution in [-0.4, -0.2) is 35.8 Å². The average Bonchev–Trinajstić information content (AvgIpc) is 3.12. The Morgan fingerprint density at radius 2 is 1.81 bits per heavy atom. The number of hydrogen-bond donors (Lipinski definition) is 1. The van der Waals surface area contributed by atoms with Gasteiger partial charge in [-0.25, -0.2) is 9.18 Å². The SMILES string of the molecule is COC(=O)Cn1c(-c2ccc(O)cc2F)c(C2CCCCC2)c2ccc(C(=O)OC)cc21. The third-order valence-electron chi connectivity index (χ3n) is 6.26. The van der Waals surface area contributed by atoms with Crippen molar-refractivity contribution in [2.45, 2.75) is 44.6 Å². The molecule has 0 bridgehead atoms. The summed E-state index contributed by atoms with van der Waals surface area (Å²) in [5, 5.41) is 10.6. The molecule has 3 aromatic rings. The Bertz CT molecular complexity index is 1180. The monoisotopic (exact) mass is 439 g/mol. The highest BCUT2D eigenvalue weighted by atomic mass is 19.1. The summed E-state index contributed by atoms with van der Waals surface area (Å²) in [6.07, 6.45) is 5.23. The molecule has 4 rings (SSSR count). The van der Waals surface area contributed by atoms with Gasteiger partial charge in [-0.3, -0.25) is 4.79 Å². The zero-order chi connectivity index (χ0) is 22.8. The lowest BCUT2D eigenvalue weighted by Gasteiger charge is -2.24. The molecule has 0 radical (unpaired) electrons. The van der Waals surface area contributed by atoms with E-state index in [9.17, 15) is 14.7 Å². The fourth-order valence-corrected chi connectivity index (χ4v) is 4.77. The fraction of sp³-hybridized carbons (Fsp3) is 0.360. The Kier molecular flexibility index (Phi) is 6.17. The summed E-state index contributed by atoms with van der Waals surface area (Å²) in [6.45, 7) is -0.139. The molecule has 168 valence electrons. The highest BCUT2D eigenvalue weighted by Crippen LogP contribution is 2.45. The number of methoxy groups -OCH3 is 2. The summed E-state index contributed by atoms with van der Waals surface area (Å²) in [5.74, 6) is -1.54. The second-order valence-corrected chi connectivity index (χ2v) is 8.15. The molecule has 0 amide bonds. The first-order chi connectivity index (χ1) is 15.4. The van der Waals surface area contributed by atoms with Crippen molar-refractivity contribution >= 4 is 22.8 Å². The summed E-state index contributed by atoms with van der Waals surface area (Å²) in [4.78, 5) is 24.5. The Balaban J connectivity index is 2.06. The largest absolute Gasteiger partial charge is 0.508 e. The number of aromatic nitrogens is 1. The summed E-state index contributed by atoms with van der Waals surface area (Å²) in [7, 11) is 2.61. The van der Waals surface area contributed by atoms with Crippen LogP contribution in [-0.2, 0) is 20.8 Å². The maximum atomic E-state index is 15.1. The van der Waals surface area contributed by atoms with Gasteiger partial charge in [0.1, 0.15) is 18.1 Å². The predicted molar refractivity (Wildman–Crippen MR) is 118 cm³/mol. The van der Waals surface area contributed by atoms with Gasteiger partial charge in [-0.05, 0) is 48.6 Å². The van der Waals surface area contributed by atoms with Crippen LogP contribution in [0.2, 0.25) is 0 Å². The molecule has 0 unspecified atom stereocenters. The topological polar surface area (TPSA) is 77.8 Å². The van der Waals surface area contributed by atoms with Crippen molar-refractivity contribution in [1.82, 2.24) is 4.57 Å². The van der Waals surface area contributed by atoms with E-state index in [0.717, 1.165) is 49.1 Å². The minimum Gasteiger partial charge on any atom is -0.508 e. The average molecular weight is 439 g/mol. The molecule has 1 aliphatic carbocycles. The van der Waals surface area contributed by atoms with E-state index in [1.807, 2.05) is 6.07 Å². The van der Waals surface area contributed by atoms with Gasteiger partial charge in [-0.1, -0.05) is 25.3 Å². The van der Waals surface area contributed by atoms with Crippen LogP contribution >= 0.6 is 0 Å². The van der Waals surface area contributed by atoms with Crippen LogP contribution in [0, 0.1) is 5.82 Å². The van der Waals surface area contributed by atoms with Crippen molar-refractivity contribution in [2.24, 2.45) is 0 Å². The zero-order valence-electron chi connectivity index (χ0n) is 18.2. The second-order valence-electron chi connectivity index (χ2n) is 8.15. The van der Waals surface area contributed by atoms with E-state index in [-0.39, 0.29) is 18.2 Å². The minimum atomic E-state index is -0.579. The van der Waals surface area contributed by atoms with E-state index >= 15 is 4.39 Å². The van der Waals surface area contributed by atoms with Crippen LogP contribution in [0.4, 0.5) is 4.39 Å². The molecular formula is C25H26FNO5. The molecule has 1 N–H and O–H groups in total. The van der Waals surface area contributed by atoms with Crippen LogP contribution in [0.5, 0.6) is 5.75 Å². The number of halogens is 1. The Labute approximate surface area is 185 Å². The number of fused-ring (bicyclic) bond motifs is 1. The molecule has 0 atom stereocenters. The third kappa shape index (κ3) is 3.95. The molecule has 7 heteroatoms. The van der Waals surface area contributed by atoms with Gasteiger partial charge in [-0.2, -0.15) is 0 Å².